The molecule has 0 amide bonds. The van der Waals surface area contributed by atoms with Crippen molar-refractivity contribution in [2.45, 2.75) is 51.9 Å². The third kappa shape index (κ3) is 3.18. The van der Waals surface area contributed by atoms with Crippen LogP contribution in [0, 0.1) is 0 Å². The molecule has 0 bridgehead atoms. The van der Waals surface area contributed by atoms with Crippen LogP contribution in [0.15, 0.2) is 18.2 Å². The second-order valence-corrected chi connectivity index (χ2v) is 8.67. The van der Waals surface area contributed by atoms with E-state index in [9.17, 15) is 0 Å². The van der Waals surface area contributed by atoms with Gasteiger partial charge in [0.1, 0.15) is 0 Å². The number of piperazine rings is 1. The Kier molecular flexibility index (Phi) is 5.04. The Morgan fingerprint density at radius 3 is 2.81 bits per heavy atom. The quantitative estimate of drug-likeness (QED) is 0.889. The lowest BCUT2D eigenvalue weighted by atomic mass is 9.97. The van der Waals surface area contributed by atoms with Gasteiger partial charge in [-0.2, -0.15) is 0 Å². The van der Waals surface area contributed by atoms with Crippen molar-refractivity contribution in [3.8, 4) is 0 Å². The van der Waals surface area contributed by atoms with Crippen LogP contribution >= 0.6 is 11.6 Å². The molecule has 5 heteroatoms. The number of nitrogens with one attached hydrogen (secondary N) is 1. The van der Waals surface area contributed by atoms with E-state index in [0.717, 1.165) is 44.2 Å². The Hall–Kier alpha value is -1.07. The molecule has 4 rings (SSSR count). The number of benzene rings is 1. The van der Waals surface area contributed by atoms with E-state index in [-0.39, 0.29) is 0 Å². The van der Waals surface area contributed by atoms with Crippen molar-refractivity contribution in [3.05, 3.63) is 34.5 Å². The summed E-state index contributed by atoms with van der Waals surface area (Å²) in [7, 11) is 2.23. The second kappa shape index (κ2) is 7.16. The van der Waals surface area contributed by atoms with Crippen LogP contribution in [0.4, 0.5) is 0 Å². The van der Waals surface area contributed by atoms with Gasteiger partial charge in [0.05, 0.1) is 0 Å². The van der Waals surface area contributed by atoms with Gasteiger partial charge in [0, 0.05) is 78.9 Å². The first-order valence-corrected chi connectivity index (χ1v) is 10.3. The molecule has 2 aliphatic heterocycles. The first kappa shape index (κ1) is 18.3. The van der Waals surface area contributed by atoms with Gasteiger partial charge >= 0.3 is 0 Å². The smallest absolute Gasteiger partial charge is 0.0487 e. The molecule has 2 aromatic rings. The van der Waals surface area contributed by atoms with Gasteiger partial charge in [-0.3, -0.25) is 9.80 Å². The molecule has 1 saturated heterocycles. The molecule has 4 nitrogen and oxygen atoms in total. The number of nitrogens with zero attached hydrogens (tertiary/aromatic N) is 3. The SMILES string of the molecule is CC1CN(CCn2c3c(c4cc(Cl)ccc42)C(C)N(C)CC3)C(C)CN1. The van der Waals surface area contributed by atoms with Gasteiger partial charge in [0.2, 0.25) is 0 Å². The summed E-state index contributed by atoms with van der Waals surface area (Å²) in [5.74, 6) is 0. The highest BCUT2D eigenvalue weighted by atomic mass is 35.5. The third-order valence-corrected chi connectivity index (χ3v) is 6.70. The zero-order chi connectivity index (χ0) is 18.4. The minimum atomic E-state index is 0.444. The molecule has 1 fully saturated rings. The van der Waals surface area contributed by atoms with E-state index in [1.165, 1.54) is 22.2 Å². The van der Waals surface area contributed by atoms with Gasteiger partial charge in [-0.1, -0.05) is 11.6 Å². The van der Waals surface area contributed by atoms with E-state index in [1.807, 2.05) is 6.07 Å². The zero-order valence-corrected chi connectivity index (χ0v) is 17.2. The van der Waals surface area contributed by atoms with Gasteiger partial charge in [-0.15, -0.1) is 0 Å². The van der Waals surface area contributed by atoms with Crippen molar-refractivity contribution in [1.82, 2.24) is 19.7 Å². The average molecular weight is 375 g/mol. The normalized spacial score (nSPS) is 27.8. The fourth-order valence-corrected chi connectivity index (χ4v) is 4.90. The van der Waals surface area contributed by atoms with Crippen LogP contribution < -0.4 is 5.32 Å². The van der Waals surface area contributed by atoms with Crippen LogP contribution in [0.25, 0.3) is 10.9 Å². The van der Waals surface area contributed by atoms with E-state index >= 15 is 0 Å². The maximum absolute atomic E-state index is 6.35. The van der Waals surface area contributed by atoms with Gasteiger partial charge in [-0.05, 0) is 51.6 Å². The average Bonchev–Trinajstić information content (AvgIpc) is 2.92. The van der Waals surface area contributed by atoms with Crippen LogP contribution in [0.1, 0.15) is 38.1 Å². The Balaban J connectivity index is 1.69. The molecule has 3 unspecified atom stereocenters. The Bertz CT molecular complexity index is 799. The summed E-state index contributed by atoms with van der Waals surface area (Å²) in [6.45, 7) is 12.4. The highest BCUT2D eigenvalue weighted by Crippen LogP contribution is 2.38. The van der Waals surface area contributed by atoms with Crippen molar-refractivity contribution in [2.75, 3.05) is 33.2 Å². The molecule has 0 saturated carbocycles. The number of hydrogen-bond donors (Lipinski definition) is 1. The summed E-state index contributed by atoms with van der Waals surface area (Å²) in [5, 5.41) is 5.76. The van der Waals surface area contributed by atoms with Crippen molar-refractivity contribution >= 4 is 22.5 Å². The predicted octanol–water partition coefficient (Wildman–Crippen LogP) is 3.53. The van der Waals surface area contributed by atoms with Crippen LogP contribution in [-0.2, 0) is 13.0 Å². The van der Waals surface area contributed by atoms with Crippen LogP contribution in [0.2, 0.25) is 5.02 Å². The summed E-state index contributed by atoms with van der Waals surface area (Å²) in [4.78, 5) is 5.08. The number of hydrogen-bond acceptors (Lipinski definition) is 3. The molecule has 1 aromatic carbocycles. The monoisotopic (exact) mass is 374 g/mol. The highest BCUT2D eigenvalue weighted by Gasteiger charge is 2.29. The zero-order valence-electron chi connectivity index (χ0n) is 16.4. The topological polar surface area (TPSA) is 23.4 Å². The van der Waals surface area contributed by atoms with Crippen molar-refractivity contribution in [1.29, 1.82) is 0 Å². The lowest BCUT2D eigenvalue weighted by molar-refractivity contribution is 0.141. The molecular formula is C21H31ClN4. The van der Waals surface area contributed by atoms with Gasteiger partial charge in [-0.25, -0.2) is 0 Å². The van der Waals surface area contributed by atoms with Crippen molar-refractivity contribution < 1.29 is 0 Å². The van der Waals surface area contributed by atoms with Crippen molar-refractivity contribution in [3.63, 3.8) is 0 Å². The van der Waals surface area contributed by atoms with Gasteiger partial charge in [0.25, 0.3) is 0 Å². The highest BCUT2D eigenvalue weighted by molar-refractivity contribution is 6.31. The molecule has 3 heterocycles. The number of halogens is 1. The minimum absolute atomic E-state index is 0.444. The Morgan fingerprint density at radius 1 is 1.19 bits per heavy atom. The molecule has 2 aliphatic rings. The second-order valence-electron chi connectivity index (χ2n) is 8.23. The number of likely N-dealkylation sites (N-methyl/N-ethyl adjacent to an activating group) is 1. The maximum Gasteiger partial charge on any atom is 0.0487 e. The minimum Gasteiger partial charge on any atom is -0.343 e. The lowest BCUT2D eigenvalue weighted by Gasteiger charge is -2.38. The standard InChI is InChI=1S/C21H31ClN4/c1-14-13-25(15(2)12-23-14)9-10-26-19-6-5-17(22)11-18(19)21-16(3)24(4)8-7-20(21)26/h5-6,11,14-16,23H,7-10,12-13H2,1-4H3. The summed E-state index contributed by atoms with van der Waals surface area (Å²) in [6, 6.07) is 8.04. The van der Waals surface area contributed by atoms with Crippen LogP contribution in [0.3, 0.4) is 0 Å². The molecule has 0 spiro atoms. The van der Waals surface area contributed by atoms with Crippen LogP contribution in [0.5, 0.6) is 0 Å². The number of fused-ring (bicyclic) bond motifs is 3. The molecular weight excluding hydrogens is 344 g/mol. The van der Waals surface area contributed by atoms with Gasteiger partial charge < -0.3 is 9.88 Å². The van der Waals surface area contributed by atoms with E-state index in [2.05, 4.69) is 59.6 Å². The van der Waals surface area contributed by atoms with E-state index in [0.29, 0.717) is 18.1 Å². The third-order valence-electron chi connectivity index (χ3n) is 6.46. The molecule has 26 heavy (non-hydrogen) atoms. The fraction of sp³-hybridized carbons (Fsp3) is 0.619. The van der Waals surface area contributed by atoms with E-state index in [1.54, 1.807) is 0 Å². The largest absolute Gasteiger partial charge is 0.343 e. The van der Waals surface area contributed by atoms with Gasteiger partial charge in [0.15, 0.2) is 0 Å². The molecule has 1 N–H and O–H groups in total. The van der Waals surface area contributed by atoms with Crippen molar-refractivity contribution in [2.24, 2.45) is 0 Å². The Labute approximate surface area is 162 Å². The molecule has 0 radical (unpaired) electrons. The summed E-state index contributed by atoms with van der Waals surface area (Å²) in [5.41, 5.74) is 4.35. The van der Waals surface area contributed by atoms with Crippen LogP contribution in [-0.4, -0.2) is 59.7 Å². The molecule has 1 aromatic heterocycles. The molecule has 0 aliphatic carbocycles. The van der Waals surface area contributed by atoms with E-state index < -0.39 is 0 Å². The summed E-state index contributed by atoms with van der Waals surface area (Å²) >= 11 is 6.35. The number of aromatic nitrogens is 1. The van der Waals surface area contributed by atoms with E-state index in [4.69, 9.17) is 11.6 Å². The first-order valence-electron chi connectivity index (χ1n) is 9.94. The molecule has 3 atom stereocenters. The first-order chi connectivity index (χ1) is 12.5. The summed E-state index contributed by atoms with van der Waals surface area (Å²) in [6.07, 6.45) is 1.12. The maximum atomic E-state index is 6.35. The predicted molar refractivity (Wildman–Crippen MR) is 110 cm³/mol. The Morgan fingerprint density at radius 2 is 2.00 bits per heavy atom. The lowest BCUT2D eigenvalue weighted by Crippen LogP contribution is -2.54. The summed E-state index contributed by atoms with van der Waals surface area (Å²) < 4.78 is 2.57. The molecule has 142 valence electrons. The number of rotatable bonds is 3. The fourth-order valence-electron chi connectivity index (χ4n) is 4.73.